The van der Waals surface area contributed by atoms with Gasteiger partial charge in [-0.15, -0.1) is 0 Å². The molecule has 2 N–H and O–H groups in total. The standard InChI is InChI=1S/C19H22N6O2/c1-11(2)25-19(21-10-22-25)15-9-24-6-7-27-16-8-13(12(3)17(20)26)4-5-14(16)18(24)23-15/h4-5,8-12H,6-7H2,1-3H3,(H2,20,26)/t12-/m1/s1. The summed E-state index contributed by atoms with van der Waals surface area (Å²) in [6.45, 7) is 7.10. The minimum Gasteiger partial charge on any atom is -0.491 e. The predicted molar refractivity (Wildman–Crippen MR) is 100 cm³/mol. The normalized spacial score (nSPS) is 14.2. The van der Waals surface area contributed by atoms with Crippen molar-refractivity contribution in [2.24, 2.45) is 5.73 Å². The molecule has 0 aliphatic carbocycles. The number of carbonyl (C=O) groups is 1. The fourth-order valence-electron chi connectivity index (χ4n) is 3.25. The van der Waals surface area contributed by atoms with Crippen LogP contribution < -0.4 is 10.5 Å². The molecule has 3 heterocycles. The van der Waals surface area contributed by atoms with Crippen LogP contribution in [0.25, 0.3) is 22.9 Å². The molecular weight excluding hydrogens is 344 g/mol. The second-order valence-corrected chi connectivity index (χ2v) is 6.99. The lowest BCUT2D eigenvalue weighted by Gasteiger charge is -2.12. The average molecular weight is 366 g/mol. The third-order valence-corrected chi connectivity index (χ3v) is 4.83. The first-order valence-corrected chi connectivity index (χ1v) is 8.99. The van der Waals surface area contributed by atoms with Crippen molar-refractivity contribution in [3.63, 3.8) is 0 Å². The summed E-state index contributed by atoms with van der Waals surface area (Å²) in [4.78, 5) is 20.7. The molecule has 0 fully saturated rings. The Kier molecular flexibility index (Phi) is 4.18. The van der Waals surface area contributed by atoms with Gasteiger partial charge in [0.05, 0.1) is 18.0 Å². The molecule has 0 saturated carbocycles. The Morgan fingerprint density at radius 3 is 2.81 bits per heavy atom. The van der Waals surface area contributed by atoms with Crippen molar-refractivity contribution in [3.8, 4) is 28.7 Å². The summed E-state index contributed by atoms with van der Waals surface area (Å²) in [6.07, 6.45) is 3.53. The molecule has 4 rings (SSSR count). The van der Waals surface area contributed by atoms with Crippen LogP contribution in [0.1, 0.15) is 38.3 Å². The molecule has 2 aromatic heterocycles. The van der Waals surface area contributed by atoms with Gasteiger partial charge in [0.25, 0.3) is 0 Å². The first-order chi connectivity index (χ1) is 13.0. The van der Waals surface area contributed by atoms with E-state index in [1.807, 2.05) is 29.1 Å². The van der Waals surface area contributed by atoms with E-state index < -0.39 is 0 Å². The smallest absolute Gasteiger partial charge is 0.224 e. The van der Waals surface area contributed by atoms with Gasteiger partial charge in [0.15, 0.2) is 5.82 Å². The van der Waals surface area contributed by atoms with E-state index in [0.29, 0.717) is 18.9 Å². The SMILES string of the molecule is CC(C)n1ncnc1-c1cn2c(n1)-c1ccc([C@@H](C)C(N)=O)cc1OCC2. The van der Waals surface area contributed by atoms with E-state index in [-0.39, 0.29) is 17.9 Å². The van der Waals surface area contributed by atoms with Gasteiger partial charge in [0, 0.05) is 12.2 Å². The summed E-state index contributed by atoms with van der Waals surface area (Å²) >= 11 is 0. The first kappa shape index (κ1) is 17.3. The maximum absolute atomic E-state index is 11.5. The number of fused-ring (bicyclic) bond motifs is 3. The molecule has 3 aromatic rings. The number of amides is 1. The van der Waals surface area contributed by atoms with E-state index in [1.54, 1.807) is 13.3 Å². The molecule has 1 amide bonds. The Morgan fingerprint density at radius 2 is 2.07 bits per heavy atom. The summed E-state index contributed by atoms with van der Waals surface area (Å²) in [6, 6.07) is 5.91. The number of carbonyl (C=O) groups excluding carboxylic acids is 1. The maximum atomic E-state index is 11.5. The number of hydrogen-bond donors (Lipinski definition) is 1. The predicted octanol–water partition coefficient (Wildman–Crippen LogP) is 2.37. The molecular formula is C19H22N6O2. The Balaban J connectivity index is 1.79. The lowest BCUT2D eigenvalue weighted by atomic mass is 9.98. The van der Waals surface area contributed by atoms with Crippen molar-refractivity contribution < 1.29 is 9.53 Å². The molecule has 1 atom stereocenters. The van der Waals surface area contributed by atoms with Gasteiger partial charge in [0.1, 0.15) is 30.2 Å². The summed E-state index contributed by atoms with van der Waals surface area (Å²) in [5, 5.41) is 4.30. The van der Waals surface area contributed by atoms with Crippen LogP contribution in [-0.4, -0.2) is 36.8 Å². The molecule has 0 bridgehead atoms. The summed E-state index contributed by atoms with van der Waals surface area (Å²) in [5.41, 5.74) is 7.93. The molecule has 0 saturated heterocycles. The second-order valence-electron chi connectivity index (χ2n) is 6.99. The molecule has 8 heteroatoms. The van der Waals surface area contributed by atoms with Crippen LogP contribution in [0.5, 0.6) is 5.75 Å². The Bertz CT molecular complexity index is 1000. The number of nitrogens with two attached hydrogens (primary N) is 1. The fourth-order valence-corrected chi connectivity index (χ4v) is 3.25. The second kappa shape index (κ2) is 6.53. The van der Waals surface area contributed by atoms with E-state index in [2.05, 4.69) is 28.5 Å². The van der Waals surface area contributed by atoms with Gasteiger partial charge in [-0.2, -0.15) is 5.10 Å². The number of hydrogen-bond acceptors (Lipinski definition) is 5. The van der Waals surface area contributed by atoms with Gasteiger partial charge in [-0.3, -0.25) is 4.79 Å². The molecule has 1 aliphatic rings. The van der Waals surface area contributed by atoms with Crippen molar-refractivity contribution in [1.29, 1.82) is 0 Å². The van der Waals surface area contributed by atoms with Gasteiger partial charge < -0.3 is 15.0 Å². The summed E-state index contributed by atoms with van der Waals surface area (Å²) in [5.74, 6) is 1.53. The third-order valence-electron chi connectivity index (χ3n) is 4.83. The largest absolute Gasteiger partial charge is 0.491 e. The van der Waals surface area contributed by atoms with Crippen LogP contribution in [0.3, 0.4) is 0 Å². The number of aromatic nitrogens is 5. The molecule has 0 spiro atoms. The highest BCUT2D eigenvalue weighted by atomic mass is 16.5. The quantitative estimate of drug-likeness (QED) is 0.764. The van der Waals surface area contributed by atoms with Crippen LogP contribution in [0.4, 0.5) is 0 Å². The highest BCUT2D eigenvalue weighted by Gasteiger charge is 2.23. The first-order valence-electron chi connectivity index (χ1n) is 8.99. The number of rotatable bonds is 4. The lowest BCUT2D eigenvalue weighted by molar-refractivity contribution is -0.119. The number of imidazole rings is 1. The highest BCUT2D eigenvalue weighted by molar-refractivity contribution is 5.82. The minimum absolute atomic E-state index is 0.192. The number of nitrogens with zero attached hydrogens (tertiary/aromatic N) is 5. The molecule has 27 heavy (non-hydrogen) atoms. The van der Waals surface area contributed by atoms with Crippen molar-refractivity contribution in [1.82, 2.24) is 24.3 Å². The molecule has 140 valence electrons. The molecule has 0 radical (unpaired) electrons. The van der Waals surface area contributed by atoms with Crippen LogP contribution in [0.15, 0.2) is 30.7 Å². The van der Waals surface area contributed by atoms with E-state index in [4.69, 9.17) is 15.5 Å². The topological polar surface area (TPSA) is 101 Å². The van der Waals surface area contributed by atoms with E-state index in [9.17, 15) is 4.79 Å². The van der Waals surface area contributed by atoms with Crippen LogP contribution in [0.2, 0.25) is 0 Å². The van der Waals surface area contributed by atoms with Crippen LogP contribution in [0, 0.1) is 0 Å². The van der Waals surface area contributed by atoms with Gasteiger partial charge >= 0.3 is 0 Å². The zero-order valence-corrected chi connectivity index (χ0v) is 15.6. The Hall–Kier alpha value is -3.16. The third kappa shape index (κ3) is 2.97. The minimum atomic E-state index is -0.373. The van der Waals surface area contributed by atoms with E-state index in [1.165, 1.54) is 0 Å². The van der Waals surface area contributed by atoms with E-state index in [0.717, 1.165) is 28.5 Å². The molecule has 1 aliphatic heterocycles. The fraction of sp³-hybridized carbons (Fsp3) is 0.368. The van der Waals surface area contributed by atoms with Gasteiger partial charge in [-0.1, -0.05) is 6.07 Å². The molecule has 1 aromatic carbocycles. The zero-order valence-electron chi connectivity index (χ0n) is 15.6. The van der Waals surface area contributed by atoms with Crippen LogP contribution >= 0.6 is 0 Å². The van der Waals surface area contributed by atoms with Gasteiger partial charge in [0.2, 0.25) is 5.91 Å². The van der Waals surface area contributed by atoms with Crippen molar-refractivity contribution in [3.05, 3.63) is 36.3 Å². The van der Waals surface area contributed by atoms with Crippen molar-refractivity contribution in [2.45, 2.75) is 39.3 Å². The number of primary amides is 1. The van der Waals surface area contributed by atoms with Gasteiger partial charge in [-0.25, -0.2) is 14.6 Å². The van der Waals surface area contributed by atoms with Crippen molar-refractivity contribution >= 4 is 5.91 Å². The number of ether oxygens (including phenoxy) is 1. The summed E-state index contributed by atoms with van der Waals surface area (Å²) < 4.78 is 9.83. The highest BCUT2D eigenvalue weighted by Crippen LogP contribution is 2.35. The Labute approximate surface area is 157 Å². The van der Waals surface area contributed by atoms with E-state index >= 15 is 0 Å². The average Bonchev–Trinajstić information content (AvgIpc) is 3.25. The Morgan fingerprint density at radius 1 is 1.26 bits per heavy atom. The van der Waals surface area contributed by atoms with Gasteiger partial charge in [-0.05, 0) is 38.5 Å². The monoisotopic (exact) mass is 366 g/mol. The lowest BCUT2D eigenvalue weighted by Crippen LogP contribution is -2.18. The molecule has 8 nitrogen and oxygen atoms in total. The zero-order chi connectivity index (χ0) is 19.1. The molecule has 0 unspecified atom stereocenters. The van der Waals surface area contributed by atoms with Crippen LogP contribution in [-0.2, 0) is 11.3 Å². The maximum Gasteiger partial charge on any atom is 0.224 e. The van der Waals surface area contributed by atoms with Crippen molar-refractivity contribution in [2.75, 3.05) is 6.61 Å². The summed E-state index contributed by atoms with van der Waals surface area (Å²) in [7, 11) is 0. The number of benzene rings is 1.